The van der Waals surface area contributed by atoms with E-state index >= 15 is 0 Å². The first-order chi connectivity index (χ1) is 20.2. The van der Waals surface area contributed by atoms with Gasteiger partial charge in [0.05, 0.1) is 0 Å². The molecule has 218 valence electrons. The first kappa shape index (κ1) is 28.1. The van der Waals surface area contributed by atoms with Crippen molar-refractivity contribution >= 4 is 29.4 Å². The van der Waals surface area contributed by atoms with Crippen molar-refractivity contribution in [3.8, 4) is 0 Å². The maximum atomic E-state index is 2.56. The van der Waals surface area contributed by atoms with Gasteiger partial charge in [-0.3, -0.25) is 0 Å². The van der Waals surface area contributed by atoms with Gasteiger partial charge in [0.2, 0.25) is 0 Å². The summed E-state index contributed by atoms with van der Waals surface area (Å²) >= 11 is 0. The number of rotatable bonds is 3. The molecule has 3 aromatic carbocycles. The average molecular weight is 563 g/mol. The van der Waals surface area contributed by atoms with Gasteiger partial charge in [-0.1, -0.05) is 122 Å². The lowest BCUT2D eigenvalue weighted by Crippen LogP contribution is -2.24. The molecule has 0 N–H and O–H groups in total. The van der Waals surface area contributed by atoms with Crippen LogP contribution in [0, 0.1) is 28.7 Å². The molecule has 0 bridgehead atoms. The van der Waals surface area contributed by atoms with E-state index in [1.807, 2.05) is 0 Å². The Hall–Kier alpha value is -3.64. The third kappa shape index (κ3) is 4.16. The molecule has 3 aromatic rings. The molecule has 0 saturated heterocycles. The number of hydrogen-bond donors (Lipinski definition) is 0. The molecule has 1 unspecified atom stereocenters. The van der Waals surface area contributed by atoms with Crippen molar-refractivity contribution in [1.82, 2.24) is 0 Å². The third-order valence-corrected chi connectivity index (χ3v) is 10.6. The van der Waals surface area contributed by atoms with Crippen molar-refractivity contribution in [3.63, 3.8) is 0 Å². The van der Waals surface area contributed by atoms with Crippen molar-refractivity contribution in [3.05, 3.63) is 132 Å². The van der Waals surface area contributed by atoms with E-state index in [2.05, 4.69) is 148 Å². The highest BCUT2D eigenvalue weighted by Gasteiger charge is 2.36. The number of fused-ring (bicyclic) bond motifs is 4. The summed E-state index contributed by atoms with van der Waals surface area (Å²) in [5, 5.41) is 5.58. The van der Waals surface area contributed by atoms with E-state index in [1.165, 1.54) is 82.1 Å². The first-order valence-corrected chi connectivity index (χ1v) is 16.2. The number of hydrogen-bond acceptors (Lipinski definition) is 0. The van der Waals surface area contributed by atoms with Crippen LogP contribution in [0.5, 0.6) is 0 Å². The summed E-state index contributed by atoms with van der Waals surface area (Å²) in [6.45, 7) is 23.4. The van der Waals surface area contributed by atoms with Crippen molar-refractivity contribution in [2.75, 3.05) is 0 Å². The Morgan fingerprint density at radius 1 is 0.860 bits per heavy atom. The number of allylic oxidation sites excluding steroid dienone is 6. The van der Waals surface area contributed by atoms with E-state index in [1.54, 1.807) is 0 Å². The third-order valence-electron chi connectivity index (χ3n) is 10.6. The van der Waals surface area contributed by atoms with E-state index in [0.717, 1.165) is 6.42 Å². The summed E-state index contributed by atoms with van der Waals surface area (Å²) < 4.78 is 0. The second kappa shape index (κ2) is 9.18. The molecule has 0 heterocycles. The highest BCUT2D eigenvalue weighted by atomic mass is 14.4. The highest BCUT2D eigenvalue weighted by Crippen LogP contribution is 2.48. The molecular formula is C43H46. The normalized spacial score (nSPS) is 20.7. The van der Waals surface area contributed by atoms with Gasteiger partial charge < -0.3 is 0 Å². The van der Waals surface area contributed by atoms with Crippen LogP contribution in [0.15, 0.2) is 66.3 Å². The second-order valence-electron chi connectivity index (χ2n) is 15.6. The lowest BCUT2D eigenvalue weighted by molar-refractivity contribution is 0.516. The fourth-order valence-electron chi connectivity index (χ4n) is 7.96. The fraction of sp³-hybridized carbons (Fsp3) is 0.349. The van der Waals surface area contributed by atoms with Crippen molar-refractivity contribution in [1.29, 1.82) is 0 Å². The van der Waals surface area contributed by atoms with Gasteiger partial charge in [0, 0.05) is 16.7 Å². The van der Waals surface area contributed by atoms with Crippen LogP contribution in [0.4, 0.5) is 0 Å². The van der Waals surface area contributed by atoms with Crippen LogP contribution >= 0.6 is 0 Å². The van der Waals surface area contributed by atoms with Gasteiger partial charge in [-0.15, -0.1) is 0 Å². The summed E-state index contributed by atoms with van der Waals surface area (Å²) in [5.41, 5.74) is 15.7. The molecule has 0 saturated carbocycles. The molecule has 0 fully saturated rings. The fourth-order valence-corrected chi connectivity index (χ4v) is 7.96. The van der Waals surface area contributed by atoms with E-state index < -0.39 is 0 Å². The summed E-state index contributed by atoms with van der Waals surface area (Å²) in [5.74, 6) is 0.427. The molecule has 7 rings (SSSR count). The highest BCUT2D eigenvalue weighted by molar-refractivity contribution is 5.89. The quantitative estimate of drug-likeness (QED) is 0.233. The molecular weight excluding hydrogens is 516 g/mol. The van der Waals surface area contributed by atoms with E-state index in [-0.39, 0.29) is 16.2 Å². The zero-order chi connectivity index (χ0) is 30.6. The largest absolute Gasteiger partial charge is 0.0739 e. The van der Waals surface area contributed by atoms with E-state index in [9.17, 15) is 0 Å². The number of benzene rings is 3. The van der Waals surface area contributed by atoms with Gasteiger partial charge in [-0.2, -0.15) is 0 Å². The zero-order valence-corrected chi connectivity index (χ0v) is 27.8. The summed E-state index contributed by atoms with van der Waals surface area (Å²) in [4.78, 5) is 0. The standard InChI is InChI=1S/C43H46/c1-11-27-20-31(41(4,5)6)24-34(27)39-35-22-30-23-36-29(16-18-42(36,7)8)21-33(30)38(35)37(32-17-19-43(9,10)40(32)39)26(3)28-14-12-25(2)13-15-28/h12-24,27H,11H2,1-10H3. The van der Waals surface area contributed by atoms with Crippen LogP contribution in [-0.4, -0.2) is 0 Å². The van der Waals surface area contributed by atoms with E-state index in [0.29, 0.717) is 5.92 Å². The minimum atomic E-state index is -0.0548. The SMILES string of the molecule is CCC1C=C(C(C)(C)C)C=C1c1c2c(c(=C(C)c3ccc(C)cc3)c3c1C=c1cc4c(cc1=3)C=CC4(C)C)C=CC2(C)C. The Morgan fingerprint density at radius 2 is 1.56 bits per heavy atom. The molecule has 0 nitrogen and oxygen atoms in total. The Labute approximate surface area is 258 Å². The minimum Gasteiger partial charge on any atom is -0.0739 e. The van der Waals surface area contributed by atoms with Crippen LogP contribution in [0.25, 0.3) is 29.4 Å². The molecule has 4 aliphatic rings. The lowest BCUT2D eigenvalue weighted by Gasteiger charge is -2.27. The molecule has 0 spiro atoms. The summed E-state index contributed by atoms with van der Waals surface area (Å²) in [7, 11) is 0. The Morgan fingerprint density at radius 3 is 2.23 bits per heavy atom. The lowest BCUT2D eigenvalue weighted by atomic mass is 9.76. The Kier molecular flexibility index (Phi) is 6.01. The maximum Gasteiger partial charge on any atom is 0.00910 e. The Bertz CT molecular complexity index is 2070. The summed E-state index contributed by atoms with van der Waals surface area (Å²) in [6, 6.07) is 14.1. The molecule has 1 atom stereocenters. The molecule has 0 amide bonds. The van der Waals surface area contributed by atoms with Gasteiger partial charge in [-0.25, -0.2) is 0 Å². The van der Waals surface area contributed by atoms with Gasteiger partial charge in [0.1, 0.15) is 0 Å². The van der Waals surface area contributed by atoms with Crippen LogP contribution in [-0.2, 0) is 10.8 Å². The van der Waals surface area contributed by atoms with Crippen LogP contribution in [0.1, 0.15) is 113 Å². The molecule has 4 aliphatic carbocycles. The van der Waals surface area contributed by atoms with Gasteiger partial charge in [0.25, 0.3) is 0 Å². The van der Waals surface area contributed by atoms with Crippen LogP contribution < -0.4 is 10.4 Å². The van der Waals surface area contributed by atoms with Crippen molar-refractivity contribution in [2.45, 2.75) is 86.5 Å². The Balaban J connectivity index is 1.70. The monoisotopic (exact) mass is 562 g/mol. The predicted octanol–water partition coefficient (Wildman–Crippen LogP) is 9.65. The first-order valence-electron chi connectivity index (χ1n) is 16.2. The zero-order valence-electron chi connectivity index (χ0n) is 27.8. The molecule has 0 radical (unpaired) electrons. The van der Waals surface area contributed by atoms with Gasteiger partial charge in [0.15, 0.2) is 0 Å². The van der Waals surface area contributed by atoms with Crippen LogP contribution in [0.3, 0.4) is 0 Å². The van der Waals surface area contributed by atoms with Gasteiger partial charge >= 0.3 is 0 Å². The molecule has 0 aliphatic heterocycles. The summed E-state index contributed by atoms with van der Waals surface area (Å²) in [6.07, 6.45) is 18.4. The van der Waals surface area contributed by atoms with Crippen LogP contribution in [0.2, 0.25) is 0 Å². The molecule has 0 aromatic heterocycles. The topological polar surface area (TPSA) is 0 Å². The average Bonchev–Trinajstić information content (AvgIpc) is 3.69. The van der Waals surface area contributed by atoms with Gasteiger partial charge in [-0.05, 0) is 120 Å². The van der Waals surface area contributed by atoms with E-state index in [4.69, 9.17) is 0 Å². The predicted molar refractivity (Wildman–Crippen MR) is 186 cm³/mol. The molecule has 43 heavy (non-hydrogen) atoms. The number of aryl methyl sites for hydroxylation is 1. The minimum absolute atomic E-state index is 0.0548. The van der Waals surface area contributed by atoms with Crippen molar-refractivity contribution in [2.24, 2.45) is 11.3 Å². The maximum absolute atomic E-state index is 2.56. The molecule has 0 heteroatoms. The smallest absolute Gasteiger partial charge is 0.00910 e. The second-order valence-corrected chi connectivity index (χ2v) is 15.6. The van der Waals surface area contributed by atoms with Crippen molar-refractivity contribution < 1.29 is 0 Å².